The van der Waals surface area contributed by atoms with Crippen LogP contribution in [0.3, 0.4) is 0 Å². The van der Waals surface area contributed by atoms with Gasteiger partial charge in [0.25, 0.3) is 0 Å². The van der Waals surface area contributed by atoms with Crippen LogP contribution in [0.15, 0.2) is 23.1 Å². The van der Waals surface area contributed by atoms with Gasteiger partial charge in [0.15, 0.2) is 11.6 Å². The molecule has 0 saturated carbocycles. The van der Waals surface area contributed by atoms with Crippen LogP contribution in [-0.2, 0) is 4.74 Å². The Kier molecular flexibility index (Phi) is 5.02. The lowest BCUT2D eigenvalue weighted by molar-refractivity contribution is 0.0523. The van der Waals surface area contributed by atoms with Crippen LogP contribution in [0.25, 0.3) is 10.9 Å². The van der Waals surface area contributed by atoms with Gasteiger partial charge in [0.05, 0.1) is 18.2 Å². The van der Waals surface area contributed by atoms with E-state index in [1.807, 2.05) is 0 Å². The molecule has 0 bridgehead atoms. The lowest BCUT2D eigenvalue weighted by atomic mass is 10.1. The van der Waals surface area contributed by atoms with Crippen LogP contribution in [0, 0.1) is 11.6 Å². The van der Waals surface area contributed by atoms with Gasteiger partial charge in [-0.25, -0.2) is 22.4 Å². The standard InChI is InChI=1S/C15H13F4NO3/c1-2-23-15(22)10-7-20(8(5-16)6-17)13-4-12(19)11(18)3-9(13)14(10)21/h3-4,7-8H,2,5-6H2,1H3. The van der Waals surface area contributed by atoms with Crippen LogP contribution in [0.2, 0.25) is 0 Å². The molecule has 0 aliphatic rings. The van der Waals surface area contributed by atoms with Crippen molar-refractivity contribution in [3.8, 4) is 0 Å². The van der Waals surface area contributed by atoms with Crippen LogP contribution < -0.4 is 5.43 Å². The average Bonchev–Trinajstić information content (AvgIpc) is 2.52. The molecule has 0 aliphatic carbocycles. The monoisotopic (exact) mass is 331 g/mol. The van der Waals surface area contributed by atoms with Gasteiger partial charge in [0, 0.05) is 17.6 Å². The van der Waals surface area contributed by atoms with Crippen molar-refractivity contribution >= 4 is 16.9 Å². The van der Waals surface area contributed by atoms with Crippen LogP contribution >= 0.6 is 0 Å². The normalized spacial score (nSPS) is 11.2. The maximum Gasteiger partial charge on any atom is 0.343 e. The third-order valence-corrected chi connectivity index (χ3v) is 3.32. The number of alkyl halides is 2. The third-order valence-electron chi connectivity index (χ3n) is 3.32. The van der Waals surface area contributed by atoms with Crippen molar-refractivity contribution < 1.29 is 27.1 Å². The summed E-state index contributed by atoms with van der Waals surface area (Å²) in [5, 5.41) is -0.360. The van der Waals surface area contributed by atoms with Gasteiger partial charge in [-0.15, -0.1) is 0 Å². The fraction of sp³-hybridized carbons (Fsp3) is 0.333. The SMILES string of the molecule is CCOC(=O)c1cn(C(CF)CF)c2cc(F)c(F)cc2c1=O. The first-order valence-corrected chi connectivity index (χ1v) is 6.77. The number of hydrogen-bond acceptors (Lipinski definition) is 3. The molecule has 124 valence electrons. The van der Waals surface area contributed by atoms with E-state index in [1.165, 1.54) is 6.92 Å². The summed E-state index contributed by atoms with van der Waals surface area (Å²) >= 11 is 0. The Labute approximate surface area is 128 Å². The number of pyridine rings is 1. The molecule has 0 saturated heterocycles. The maximum atomic E-state index is 13.4. The molecular formula is C15H13F4NO3. The number of halogens is 4. The minimum absolute atomic E-state index is 0.0241. The largest absolute Gasteiger partial charge is 0.462 e. The van der Waals surface area contributed by atoms with Crippen LogP contribution in [0.1, 0.15) is 23.3 Å². The molecule has 1 aromatic carbocycles. The number of ether oxygens (including phenoxy) is 1. The van der Waals surface area contributed by atoms with E-state index in [4.69, 9.17) is 4.74 Å². The summed E-state index contributed by atoms with van der Waals surface area (Å²) < 4.78 is 58.5. The summed E-state index contributed by atoms with van der Waals surface area (Å²) in [7, 11) is 0. The number of hydrogen-bond donors (Lipinski definition) is 0. The molecule has 0 atom stereocenters. The first-order chi connectivity index (χ1) is 10.9. The first-order valence-electron chi connectivity index (χ1n) is 6.77. The number of nitrogens with zero attached hydrogens (tertiary/aromatic N) is 1. The fourth-order valence-corrected chi connectivity index (χ4v) is 2.19. The second-order valence-electron chi connectivity index (χ2n) is 4.75. The molecular weight excluding hydrogens is 318 g/mol. The highest BCUT2D eigenvalue weighted by molar-refractivity contribution is 5.93. The number of esters is 1. The third kappa shape index (κ3) is 3.06. The Morgan fingerprint density at radius 2 is 1.83 bits per heavy atom. The zero-order valence-electron chi connectivity index (χ0n) is 12.1. The van der Waals surface area contributed by atoms with Crippen molar-refractivity contribution in [2.45, 2.75) is 13.0 Å². The summed E-state index contributed by atoms with van der Waals surface area (Å²) in [5.41, 5.74) is -1.61. The predicted octanol–water partition coefficient (Wildman–Crippen LogP) is 2.94. The number of carbonyl (C=O) groups is 1. The highest BCUT2D eigenvalue weighted by atomic mass is 19.2. The average molecular weight is 331 g/mol. The Morgan fingerprint density at radius 1 is 1.22 bits per heavy atom. The summed E-state index contributed by atoms with van der Waals surface area (Å²) in [6.45, 7) is -0.826. The molecule has 8 heteroatoms. The van der Waals surface area contributed by atoms with Crippen LogP contribution in [-0.4, -0.2) is 30.5 Å². The molecule has 0 fully saturated rings. The number of rotatable bonds is 5. The van der Waals surface area contributed by atoms with Crippen LogP contribution in [0.5, 0.6) is 0 Å². The van der Waals surface area contributed by atoms with Gasteiger partial charge in [0.1, 0.15) is 18.9 Å². The minimum Gasteiger partial charge on any atom is -0.462 e. The highest BCUT2D eigenvalue weighted by Gasteiger charge is 2.22. The van der Waals surface area contributed by atoms with Crippen molar-refractivity contribution in [1.29, 1.82) is 0 Å². The van der Waals surface area contributed by atoms with E-state index in [-0.39, 0.29) is 17.5 Å². The summed E-state index contributed by atoms with van der Waals surface area (Å²) in [6, 6.07) is -0.116. The predicted molar refractivity (Wildman–Crippen MR) is 75.1 cm³/mol. The van der Waals surface area contributed by atoms with E-state index in [2.05, 4.69) is 0 Å². The second-order valence-corrected chi connectivity index (χ2v) is 4.75. The van der Waals surface area contributed by atoms with Crippen molar-refractivity contribution in [2.24, 2.45) is 0 Å². The highest BCUT2D eigenvalue weighted by Crippen LogP contribution is 2.21. The molecule has 0 N–H and O–H groups in total. The van der Waals surface area contributed by atoms with Gasteiger partial charge in [-0.3, -0.25) is 4.79 Å². The minimum atomic E-state index is -1.38. The molecule has 4 nitrogen and oxygen atoms in total. The fourth-order valence-electron chi connectivity index (χ4n) is 2.19. The lowest BCUT2D eigenvalue weighted by Crippen LogP contribution is -2.24. The maximum absolute atomic E-state index is 13.4. The zero-order chi connectivity index (χ0) is 17.1. The van der Waals surface area contributed by atoms with E-state index < -0.39 is 48.0 Å². The Hall–Kier alpha value is -2.38. The lowest BCUT2D eigenvalue weighted by Gasteiger charge is -2.18. The molecule has 0 amide bonds. The molecule has 1 heterocycles. The first kappa shape index (κ1) is 17.0. The van der Waals surface area contributed by atoms with E-state index in [1.54, 1.807) is 0 Å². The molecule has 0 unspecified atom stereocenters. The smallest absolute Gasteiger partial charge is 0.343 e. The number of aromatic nitrogens is 1. The topological polar surface area (TPSA) is 48.3 Å². The summed E-state index contributed by atoms with van der Waals surface area (Å²) in [5.74, 6) is -3.58. The zero-order valence-corrected chi connectivity index (χ0v) is 12.1. The van der Waals surface area contributed by atoms with Gasteiger partial charge < -0.3 is 9.30 Å². The molecule has 2 rings (SSSR count). The van der Waals surface area contributed by atoms with Gasteiger partial charge in [-0.1, -0.05) is 0 Å². The molecule has 0 spiro atoms. The van der Waals surface area contributed by atoms with Crippen molar-refractivity contribution in [1.82, 2.24) is 4.57 Å². The van der Waals surface area contributed by atoms with E-state index in [0.717, 1.165) is 10.8 Å². The Morgan fingerprint density at radius 3 is 2.39 bits per heavy atom. The summed E-state index contributed by atoms with van der Waals surface area (Å²) in [4.78, 5) is 24.1. The van der Waals surface area contributed by atoms with Crippen molar-refractivity contribution in [3.05, 3.63) is 45.8 Å². The van der Waals surface area contributed by atoms with Gasteiger partial charge in [-0.2, -0.15) is 0 Å². The second kappa shape index (κ2) is 6.80. The van der Waals surface area contributed by atoms with E-state index in [0.29, 0.717) is 12.1 Å². The van der Waals surface area contributed by atoms with E-state index in [9.17, 15) is 27.2 Å². The van der Waals surface area contributed by atoms with E-state index >= 15 is 0 Å². The van der Waals surface area contributed by atoms with Crippen molar-refractivity contribution in [3.63, 3.8) is 0 Å². The molecule has 2 aromatic rings. The number of benzene rings is 1. The Balaban J connectivity index is 2.85. The van der Waals surface area contributed by atoms with Gasteiger partial charge in [-0.05, 0) is 13.0 Å². The van der Waals surface area contributed by atoms with Gasteiger partial charge in [0.2, 0.25) is 5.43 Å². The quantitative estimate of drug-likeness (QED) is 0.625. The summed E-state index contributed by atoms with van der Waals surface area (Å²) in [6.07, 6.45) is 0.907. The van der Waals surface area contributed by atoms with Gasteiger partial charge >= 0.3 is 5.97 Å². The molecule has 1 aromatic heterocycles. The molecule has 23 heavy (non-hydrogen) atoms. The number of fused-ring (bicyclic) bond motifs is 1. The molecule has 0 radical (unpaired) electrons. The Bertz CT molecular complexity index is 799. The van der Waals surface area contributed by atoms with Crippen molar-refractivity contribution in [2.75, 3.05) is 20.0 Å². The van der Waals surface area contributed by atoms with Crippen LogP contribution in [0.4, 0.5) is 17.6 Å². The number of carbonyl (C=O) groups excluding carboxylic acids is 1. The molecule has 0 aliphatic heterocycles.